The normalized spacial score (nSPS) is 13.7. The Bertz CT molecular complexity index is 1230. The second kappa shape index (κ2) is 12.3. The van der Waals surface area contributed by atoms with Crippen molar-refractivity contribution in [1.82, 2.24) is 10.3 Å². The molecular formula is C25H26ClF4N3O4. The molecule has 2 aromatic carbocycles. The zero-order valence-electron chi connectivity index (χ0n) is 19.8. The molecule has 12 heteroatoms. The Morgan fingerprint density at radius 2 is 1.92 bits per heavy atom. The van der Waals surface area contributed by atoms with Crippen LogP contribution in [0.3, 0.4) is 0 Å². The van der Waals surface area contributed by atoms with Gasteiger partial charge >= 0.3 is 0 Å². The first-order chi connectivity index (χ1) is 17.2. The molecule has 1 amide bonds. The number of halogens is 5. The highest BCUT2D eigenvalue weighted by Crippen LogP contribution is 2.36. The number of carbonyl (C=O) groups excluding carboxylic acids is 1. The van der Waals surface area contributed by atoms with Gasteiger partial charge < -0.3 is 24.9 Å². The average Bonchev–Trinajstić information content (AvgIpc) is 3.55. The van der Waals surface area contributed by atoms with Crippen LogP contribution >= 0.6 is 12.4 Å². The number of carbonyl (C=O) groups is 1. The fraction of sp³-hybridized carbons (Fsp3) is 0.360. The van der Waals surface area contributed by atoms with Crippen molar-refractivity contribution in [2.45, 2.75) is 38.8 Å². The summed E-state index contributed by atoms with van der Waals surface area (Å²) < 4.78 is 69.1. The van der Waals surface area contributed by atoms with Gasteiger partial charge in [0.2, 0.25) is 5.89 Å². The Morgan fingerprint density at radius 1 is 1.16 bits per heavy atom. The predicted molar refractivity (Wildman–Crippen MR) is 129 cm³/mol. The zero-order chi connectivity index (χ0) is 25.8. The summed E-state index contributed by atoms with van der Waals surface area (Å²) in [6, 6.07) is 6.88. The van der Waals surface area contributed by atoms with Crippen LogP contribution in [-0.2, 0) is 6.54 Å². The third kappa shape index (κ3) is 7.36. The Kier molecular flexibility index (Phi) is 9.39. The molecule has 1 aliphatic rings. The Labute approximate surface area is 216 Å². The van der Waals surface area contributed by atoms with Crippen LogP contribution in [-0.4, -0.2) is 30.5 Å². The molecule has 1 heterocycles. The van der Waals surface area contributed by atoms with E-state index >= 15 is 0 Å². The standard InChI is InChI=1S/C25H25F4N3O4.ClH/c1-13(30)23-22(24(33)31-10-16-4-6-17(26)9-18(16)27)32-25(36-23)15-5-7-19(35-12-21(28)29)20(8-15)34-11-14-2-3-14;/h4-9,13-14,21H,2-3,10-12,30H2,1H3,(H,31,33);1H. The van der Waals surface area contributed by atoms with Crippen LogP contribution in [0.15, 0.2) is 40.8 Å². The number of hydrogen-bond donors (Lipinski definition) is 2. The highest BCUT2D eigenvalue weighted by molar-refractivity contribution is 5.94. The van der Waals surface area contributed by atoms with Gasteiger partial charge in [-0.3, -0.25) is 4.79 Å². The highest BCUT2D eigenvalue weighted by atomic mass is 35.5. The summed E-state index contributed by atoms with van der Waals surface area (Å²) >= 11 is 0. The lowest BCUT2D eigenvalue weighted by molar-refractivity contribution is 0.0798. The molecule has 0 spiro atoms. The number of rotatable bonds is 11. The van der Waals surface area contributed by atoms with E-state index < -0.39 is 36.6 Å². The summed E-state index contributed by atoms with van der Waals surface area (Å²) in [4.78, 5) is 17.1. The van der Waals surface area contributed by atoms with E-state index in [1.165, 1.54) is 24.3 Å². The van der Waals surface area contributed by atoms with Crippen molar-refractivity contribution in [3.8, 4) is 23.0 Å². The van der Waals surface area contributed by atoms with Gasteiger partial charge in [0, 0.05) is 23.7 Å². The van der Waals surface area contributed by atoms with E-state index in [4.69, 9.17) is 19.6 Å². The molecule has 37 heavy (non-hydrogen) atoms. The summed E-state index contributed by atoms with van der Waals surface area (Å²) in [5.41, 5.74) is 6.38. The first-order valence-corrected chi connectivity index (χ1v) is 11.4. The van der Waals surface area contributed by atoms with Gasteiger partial charge in [-0.15, -0.1) is 12.4 Å². The molecule has 1 fully saturated rings. The van der Waals surface area contributed by atoms with Crippen LogP contribution in [0.2, 0.25) is 0 Å². The minimum Gasteiger partial charge on any atom is -0.489 e. The van der Waals surface area contributed by atoms with E-state index in [9.17, 15) is 22.4 Å². The lowest BCUT2D eigenvalue weighted by atomic mass is 10.2. The van der Waals surface area contributed by atoms with E-state index in [0.29, 0.717) is 18.1 Å². The molecule has 4 rings (SSSR count). The van der Waals surface area contributed by atoms with Gasteiger partial charge in [-0.25, -0.2) is 22.5 Å². The minimum atomic E-state index is -2.65. The average molecular weight is 544 g/mol. The fourth-order valence-corrected chi connectivity index (χ4v) is 3.37. The molecule has 0 aliphatic heterocycles. The van der Waals surface area contributed by atoms with Crippen LogP contribution in [0.5, 0.6) is 11.5 Å². The molecule has 3 N–H and O–H groups in total. The van der Waals surface area contributed by atoms with Gasteiger partial charge in [0.1, 0.15) is 18.2 Å². The van der Waals surface area contributed by atoms with Gasteiger partial charge in [-0.05, 0) is 49.9 Å². The summed E-state index contributed by atoms with van der Waals surface area (Å²) in [7, 11) is 0. The van der Waals surface area contributed by atoms with Gasteiger partial charge in [0.25, 0.3) is 12.3 Å². The van der Waals surface area contributed by atoms with Crippen molar-refractivity contribution in [3.05, 3.63) is 65.1 Å². The molecule has 7 nitrogen and oxygen atoms in total. The third-order valence-corrected chi connectivity index (χ3v) is 5.46. The quantitative estimate of drug-likeness (QED) is 0.313. The second-order valence-electron chi connectivity index (χ2n) is 8.56. The van der Waals surface area contributed by atoms with Crippen LogP contribution in [0.25, 0.3) is 11.5 Å². The molecule has 0 bridgehead atoms. The van der Waals surface area contributed by atoms with E-state index in [2.05, 4.69) is 10.3 Å². The zero-order valence-corrected chi connectivity index (χ0v) is 20.6. The summed E-state index contributed by atoms with van der Waals surface area (Å²) in [5, 5.41) is 2.53. The number of alkyl halides is 2. The molecule has 1 atom stereocenters. The number of hydrogen-bond acceptors (Lipinski definition) is 6. The Balaban J connectivity index is 0.00000380. The molecule has 1 unspecified atom stereocenters. The number of oxazole rings is 1. The first kappa shape index (κ1) is 28.3. The molecule has 0 saturated heterocycles. The van der Waals surface area contributed by atoms with E-state index in [1.54, 1.807) is 6.92 Å². The van der Waals surface area contributed by atoms with Crippen molar-refractivity contribution in [2.24, 2.45) is 11.7 Å². The molecule has 3 aromatic rings. The van der Waals surface area contributed by atoms with Crippen LogP contribution in [0.1, 0.15) is 47.6 Å². The van der Waals surface area contributed by atoms with E-state index in [1.807, 2.05) is 0 Å². The van der Waals surface area contributed by atoms with E-state index in [0.717, 1.165) is 25.0 Å². The largest absolute Gasteiger partial charge is 0.489 e. The molecule has 1 aliphatic carbocycles. The monoisotopic (exact) mass is 543 g/mol. The number of aromatic nitrogens is 1. The predicted octanol–water partition coefficient (Wildman–Crippen LogP) is 5.42. The number of nitrogens with one attached hydrogen (secondary N) is 1. The number of nitrogens with zero attached hydrogens (tertiary/aromatic N) is 1. The van der Waals surface area contributed by atoms with Crippen LogP contribution in [0.4, 0.5) is 17.6 Å². The molecule has 1 saturated carbocycles. The third-order valence-electron chi connectivity index (χ3n) is 5.46. The summed E-state index contributed by atoms with van der Waals surface area (Å²) in [5.74, 6) is -1.23. The summed E-state index contributed by atoms with van der Waals surface area (Å²) in [6.45, 7) is 1.03. The van der Waals surface area contributed by atoms with Crippen molar-refractivity contribution in [3.63, 3.8) is 0 Å². The van der Waals surface area contributed by atoms with Gasteiger partial charge in [0.15, 0.2) is 23.0 Å². The topological polar surface area (TPSA) is 99.6 Å². The molecule has 1 aromatic heterocycles. The highest BCUT2D eigenvalue weighted by Gasteiger charge is 2.26. The number of amides is 1. The number of nitrogens with two attached hydrogens (primary N) is 1. The Morgan fingerprint density at radius 3 is 2.57 bits per heavy atom. The lowest BCUT2D eigenvalue weighted by Crippen LogP contribution is -2.25. The molecular weight excluding hydrogens is 518 g/mol. The minimum absolute atomic E-state index is 0. The van der Waals surface area contributed by atoms with Crippen LogP contribution in [0, 0.1) is 17.6 Å². The first-order valence-electron chi connectivity index (χ1n) is 11.4. The van der Waals surface area contributed by atoms with Crippen molar-refractivity contribution < 1.29 is 36.2 Å². The van der Waals surface area contributed by atoms with Crippen LogP contribution < -0.4 is 20.5 Å². The van der Waals surface area contributed by atoms with Crippen molar-refractivity contribution in [2.75, 3.05) is 13.2 Å². The fourth-order valence-electron chi connectivity index (χ4n) is 3.37. The van der Waals surface area contributed by atoms with Gasteiger partial charge in [-0.1, -0.05) is 6.07 Å². The lowest BCUT2D eigenvalue weighted by Gasteiger charge is -2.13. The van der Waals surface area contributed by atoms with Crippen molar-refractivity contribution in [1.29, 1.82) is 0 Å². The summed E-state index contributed by atoms with van der Waals surface area (Å²) in [6.07, 6.45) is -0.583. The Hall–Kier alpha value is -3.31. The van der Waals surface area contributed by atoms with Gasteiger partial charge in [-0.2, -0.15) is 0 Å². The maximum absolute atomic E-state index is 13.9. The second-order valence-corrected chi connectivity index (χ2v) is 8.56. The smallest absolute Gasteiger partial charge is 0.273 e. The number of benzene rings is 2. The molecule has 0 radical (unpaired) electrons. The van der Waals surface area contributed by atoms with Gasteiger partial charge in [0.05, 0.1) is 12.6 Å². The number of ether oxygens (including phenoxy) is 2. The van der Waals surface area contributed by atoms with E-state index in [-0.39, 0.29) is 53.4 Å². The SMILES string of the molecule is CC(N)c1oc(-c2ccc(OCC(F)F)c(OCC3CC3)c2)nc1C(=O)NCc1ccc(F)cc1F.Cl. The van der Waals surface area contributed by atoms with Crippen molar-refractivity contribution >= 4 is 18.3 Å². The maximum atomic E-state index is 13.9. The maximum Gasteiger partial charge on any atom is 0.273 e. The molecule has 200 valence electrons.